The minimum Gasteiger partial charge on any atom is -0.490 e. The predicted octanol–water partition coefficient (Wildman–Crippen LogP) is 9.31. The molecule has 0 saturated heterocycles. The molecule has 3 nitrogen and oxygen atoms in total. The monoisotopic (exact) mass is 472 g/mol. The molecule has 0 bridgehead atoms. The van der Waals surface area contributed by atoms with Gasteiger partial charge < -0.3 is 4.74 Å². The summed E-state index contributed by atoms with van der Waals surface area (Å²) >= 11 is 0. The maximum Gasteiger partial charge on any atom is 0.170 e. The van der Waals surface area contributed by atoms with Gasteiger partial charge in [0.05, 0.1) is 24.6 Å². The molecule has 2 rings (SSSR count). The third-order valence-electron chi connectivity index (χ3n) is 6.02. The second-order valence-electron chi connectivity index (χ2n) is 9.00. The van der Waals surface area contributed by atoms with Crippen molar-refractivity contribution in [1.29, 1.82) is 0 Å². The van der Waals surface area contributed by atoms with E-state index < -0.39 is 11.6 Å². The lowest BCUT2D eigenvalue weighted by Gasteiger charge is -2.08. The zero-order chi connectivity index (χ0) is 24.4. The Balaban J connectivity index is 1.79. The van der Waals surface area contributed by atoms with Gasteiger partial charge in [-0.25, -0.2) is 18.7 Å². The molecule has 0 aliphatic rings. The number of allylic oxidation sites excluding steroid dienone is 1. The highest BCUT2D eigenvalue weighted by molar-refractivity contribution is 5.61. The zero-order valence-corrected chi connectivity index (χ0v) is 21.1. The van der Waals surface area contributed by atoms with E-state index in [1.807, 2.05) is 6.08 Å². The quantitative estimate of drug-likeness (QED) is 0.203. The Morgan fingerprint density at radius 2 is 1.32 bits per heavy atom. The van der Waals surface area contributed by atoms with Crippen LogP contribution in [0.25, 0.3) is 17.5 Å². The first-order valence-corrected chi connectivity index (χ1v) is 13.3. The van der Waals surface area contributed by atoms with Crippen LogP contribution < -0.4 is 4.74 Å². The molecule has 188 valence electrons. The average molecular weight is 473 g/mol. The summed E-state index contributed by atoms with van der Waals surface area (Å²) < 4.78 is 34.9. The van der Waals surface area contributed by atoms with Crippen LogP contribution in [0, 0.1) is 11.6 Å². The summed E-state index contributed by atoms with van der Waals surface area (Å²) in [5, 5.41) is 0. The number of halogens is 2. The number of unbranched alkanes of at least 4 members (excludes halogenated alkanes) is 12. The smallest absolute Gasteiger partial charge is 0.170 e. The molecule has 1 aromatic heterocycles. The number of aromatic nitrogens is 2. The Morgan fingerprint density at radius 1 is 0.735 bits per heavy atom. The summed E-state index contributed by atoms with van der Waals surface area (Å²) in [5.74, 6) is -1.08. The van der Waals surface area contributed by atoms with Crippen LogP contribution in [-0.2, 0) is 0 Å². The lowest BCUT2D eigenvalue weighted by Crippen LogP contribution is -2.00. The highest BCUT2D eigenvalue weighted by Crippen LogP contribution is 2.25. The summed E-state index contributed by atoms with van der Waals surface area (Å²) in [4.78, 5) is 8.37. The molecule has 0 aliphatic carbocycles. The largest absolute Gasteiger partial charge is 0.490 e. The summed E-state index contributed by atoms with van der Waals surface area (Å²) in [6.45, 7) is 5.03. The molecule has 0 atom stereocenters. The SMILES string of the molecule is CCCCCCCC/C=C/c1ccc(-c2ncc(OCCCCCCCCC)cn2)c(F)c1F. The van der Waals surface area contributed by atoms with Crippen molar-refractivity contribution in [2.75, 3.05) is 6.61 Å². The molecule has 0 spiro atoms. The van der Waals surface area contributed by atoms with Gasteiger partial charge in [0.25, 0.3) is 0 Å². The number of rotatable bonds is 18. The number of ether oxygens (including phenoxy) is 1. The van der Waals surface area contributed by atoms with Crippen molar-refractivity contribution in [1.82, 2.24) is 9.97 Å². The summed E-state index contributed by atoms with van der Waals surface area (Å²) in [6.07, 6.45) is 23.3. The number of hydrogen-bond donors (Lipinski definition) is 0. The third-order valence-corrected chi connectivity index (χ3v) is 6.02. The molecule has 0 aliphatic heterocycles. The minimum absolute atomic E-state index is 0.0594. The van der Waals surface area contributed by atoms with E-state index in [1.165, 1.54) is 82.7 Å². The van der Waals surface area contributed by atoms with Gasteiger partial charge in [-0.1, -0.05) is 103 Å². The molecule has 2 aromatic rings. The van der Waals surface area contributed by atoms with E-state index in [9.17, 15) is 8.78 Å². The fourth-order valence-electron chi connectivity index (χ4n) is 3.90. The van der Waals surface area contributed by atoms with Crippen LogP contribution in [0.1, 0.15) is 109 Å². The summed E-state index contributed by atoms with van der Waals surface area (Å²) in [6, 6.07) is 3.12. The van der Waals surface area contributed by atoms with E-state index in [1.54, 1.807) is 12.1 Å². The van der Waals surface area contributed by atoms with Gasteiger partial charge in [-0.2, -0.15) is 0 Å². The van der Waals surface area contributed by atoms with Gasteiger partial charge in [0.2, 0.25) is 0 Å². The number of hydrogen-bond acceptors (Lipinski definition) is 3. The first-order valence-electron chi connectivity index (χ1n) is 13.3. The van der Waals surface area contributed by atoms with Crippen molar-refractivity contribution in [3.05, 3.63) is 47.8 Å². The van der Waals surface area contributed by atoms with Gasteiger partial charge in [0.1, 0.15) is 0 Å². The summed E-state index contributed by atoms with van der Waals surface area (Å²) in [5.41, 5.74) is 0.311. The first-order chi connectivity index (χ1) is 16.7. The maximum absolute atomic E-state index is 14.7. The van der Waals surface area contributed by atoms with Crippen LogP contribution in [0.3, 0.4) is 0 Å². The Labute approximate surface area is 205 Å². The number of benzene rings is 1. The second kappa shape index (κ2) is 17.2. The van der Waals surface area contributed by atoms with Crippen molar-refractivity contribution in [2.24, 2.45) is 0 Å². The van der Waals surface area contributed by atoms with Gasteiger partial charge in [-0.05, 0) is 25.3 Å². The maximum atomic E-state index is 14.7. The average Bonchev–Trinajstić information content (AvgIpc) is 2.85. The third kappa shape index (κ3) is 10.3. The fourth-order valence-corrected chi connectivity index (χ4v) is 3.90. The molecule has 0 fully saturated rings. The summed E-state index contributed by atoms with van der Waals surface area (Å²) in [7, 11) is 0. The van der Waals surface area contributed by atoms with Gasteiger partial charge in [-0.3, -0.25) is 0 Å². The number of nitrogens with zero attached hydrogens (tertiary/aromatic N) is 2. The molecule has 1 heterocycles. The van der Waals surface area contributed by atoms with Crippen LogP contribution >= 0.6 is 0 Å². The molecular weight excluding hydrogens is 430 g/mol. The van der Waals surface area contributed by atoms with Gasteiger partial charge >= 0.3 is 0 Å². The van der Waals surface area contributed by atoms with Crippen molar-refractivity contribution < 1.29 is 13.5 Å². The van der Waals surface area contributed by atoms with Crippen molar-refractivity contribution in [3.8, 4) is 17.1 Å². The van der Waals surface area contributed by atoms with Crippen LogP contribution in [0.15, 0.2) is 30.6 Å². The topological polar surface area (TPSA) is 35.0 Å². The molecular formula is C29H42F2N2O. The predicted molar refractivity (Wildman–Crippen MR) is 138 cm³/mol. The van der Waals surface area contributed by atoms with Crippen molar-refractivity contribution in [3.63, 3.8) is 0 Å². The van der Waals surface area contributed by atoms with Crippen molar-refractivity contribution >= 4 is 6.08 Å². The Bertz CT molecular complexity index is 837. The zero-order valence-electron chi connectivity index (χ0n) is 21.1. The molecule has 5 heteroatoms. The Kier molecular flexibility index (Phi) is 14.1. The fraction of sp³-hybridized carbons (Fsp3) is 0.586. The van der Waals surface area contributed by atoms with E-state index in [-0.39, 0.29) is 17.0 Å². The lowest BCUT2D eigenvalue weighted by atomic mass is 10.1. The van der Waals surface area contributed by atoms with Crippen LogP contribution in [0.4, 0.5) is 8.78 Å². The van der Waals surface area contributed by atoms with Crippen LogP contribution in [0.5, 0.6) is 5.75 Å². The van der Waals surface area contributed by atoms with E-state index in [0.717, 1.165) is 25.7 Å². The standard InChI is InChI=1S/C29H42F2N2O/c1-3-5-7-9-11-12-14-16-18-24-19-20-26(28(31)27(24)30)29-32-22-25(23-33-29)34-21-17-15-13-10-8-6-4-2/h16,18-20,22-23H,3-15,17,21H2,1-2H3/b18-16+. The van der Waals surface area contributed by atoms with Crippen LogP contribution in [-0.4, -0.2) is 16.6 Å². The first kappa shape index (κ1) is 27.9. The van der Waals surface area contributed by atoms with Gasteiger partial charge in [-0.15, -0.1) is 0 Å². The molecule has 0 amide bonds. The van der Waals surface area contributed by atoms with Crippen LogP contribution in [0.2, 0.25) is 0 Å². The Hall–Kier alpha value is -2.30. The molecule has 0 radical (unpaired) electrons. The molecule has 0 saturated carbocycles. The van der Waals surface area contributed by atoms with E-state index in [0.29, 0.717) is 12.4 Å². The van der Waals surface area contributed by atoms with Gasteiger partial charge in [0.15, 0.2) is 23.2 Å². The molecule has 34 heavy (non-hydrogen) atoms. The Morgan fingerprint density at radius 3 is 1.97 bits per heavy atom. The molecule has 0 unspecified atom stereocenters. The van der Waals surface area contributed by atoms with Crippen molar-refractivity contribution in [2.45, 2.75) is 104 Å². The lowest BCUT2D eigenvalue weighted by molar-refractivity contribution is 0.302. The molecule has 1 aromatic carbocycles. The van der Waals surface area contributed by atoms with Gasteiger partial charge in [0, 0.05) is 5.56 Å². The second-order valence-corrected chi connectivity index (χ2v) is 9.00. The highest BCUT2D eigenvalue weighted by Gasteiger charge is 2.15. The van der Waals surface area contributed by atoms with E-state index in [2.05, 4.69) is 23.8 Å². The molecule has 0 N–H and O–H groups in total. The normalized spacial score (nSPS) is 11.4. The highest BCUT2D eigenvalue weighted by atomic mass is 19.2. The van der Waals surface area contributed by atoms with E-state index >= 15 is 0 Å². The minimum atomic E-state index is -0.918. The van der Waals surface area contributed by atoms with E-state index in [4.69, 9.17) is 4.74 Å².